The van der Waals surface area contributed by atoms with Crippen molar-refractivity contribution in [3.8, 4) is 0 Å². The molecule has 9 heteroatoms. The summed E-state index contributed by atoms with van der Waals surface area (Å²) in [5.74, 6) is -0.361. The summed E-state index contributed by atoms with van der Waals surface area (Å²) in [7, 11) is -3.75. The lowest BCUT2D eigenvalue weighted by Crippen LogP contribution is -2.49. The van der Waals surface area contributed by atoms with Gasteiger partial charge in [0, 0.05) is 13.1 Å². The van der Waals surface area contributed by atoms with Gasteiger partial charge in [-0.3, -0.25) is 14.0 Å². The SMILES string of the molecule is CC[C@@H](C(=O)NCc1ccccc1CN1CCCC1)N(c1ccc(Cl)c(Cl)c1)S(C)(=O)=O. The standard InChI is InChI=1S/C23H29Cl2N3O3S/c1-3-22(28(32(2,30)31)19-10-11-20(24)21(25)14-19)23(29)26-15-17-8-4-5-9-18(17)16-27-12-6-7-13-27/h4-5,8-11,14,22H,3,6-7,12-13,15-16H2,1-2H3,(H,26,29)/t22-/m0/s1. The molecule has 1 heterocycles. The highest BCUT2D eigenvalue weighted by Gasteiger charge is 2.31. The van der Waals surface area contributed by atoms with E-state index < -0.39 is 16.1 Å². The quantitative estimate of drug-likeness (QED) is 0.555. The number of nitrogens with one attached hydrogen (secondary N) is 1. The number of rotatable bonds is 9. The van der Waals surface area contributed by atoms with Crippen LogP contribution in [0.4, 0.5) is 5.69 Å². The topological polar surface area (TPSA) is 69.7 Å². The van der Waals surface area contributed by atoms with Gasteiger partial charge in [-0.2, -0.15) is 0 Å². The van der Waals surface area contributed by atoms with E-state index in [4.69, 9.17) is 23.2 Å². The Morgan fingerprint density at radius 2 is 1.75 bits per heavy atom. The highest BCUT2D eigenvalue weighted by molar-refractivity contribution is 7.92. The fraction of sp³-hybridized carbons (Fsp3) is 0.435. The number of carbonyl (C=O) groups excluding carboxylic acids is 1. The Kier molecular flexibility index (Phi) is 8.44. The van der Waals surface area contributed by atoms with Crippen molar-refractivity contribution in [2.45, 2.75) is 45.3 Å². The van der Waals surface area contributed by atoms with E-state index in [1.54, 1.807) is 13.0 Å². The summed E-state index contributed by atoms with van der Waals surface area (Å²) < 4.78 is 26.3. The van der Waals surface area contributed by atoms with Crippen LogP contribution in [0.25, 0.3) is 0 Å². The van der Waals surface area contributed by atoms with Crippen LogP contribution in [0.15, 0.2) is 42.5 Å². The van der Waals surface area contributed by atoms with Crippen LogP contribution >= 0.6 is 23.2 Å². The Bertz CT molecular complexity index is 1060. The van der Waals surface area contributed by atoms with E-state index in [0.717, 1.165) is 35.8 Å². The molecule has 1 aliphatic rings. The summed E-state index contributed by atoms with van der Waals surface area (Å²) in [6.45, 7) is 5.14. The van der Waals surface area contributed by atoms with Gasteiger partial charge in [0.15, 0.2) is 0 Å². The molecule has 6 nitrogen and oxygen atoms in total. The van der Waals surface area contributed by atoms with Crippen molar-refractivity contribution < 1.29 is 13.2 Å². The summed E-state index contributed by atoms with van der Waals surface area (Å²) in [5, 5.41) is 3.48. The predicted octanol–water partition coefficient (Wildman–Crippen LogP) is 4.45. The van der Waals surface area contributed by atoms with E-state index in [2.05, 4.69) is 16.3 Å². The minimum Gasteiger partial charge on any atom is -0.350 e. The van der Waals surface area contributed by atoms with Gasteiger partial charge < -0.3 is 5.32 Å². The number of likely N-dealkylation sites (tertiary alicyclic amines) is 1. The number of hydrogen-bond acceptors (Lipinski definition) is 4. The molecule has 1 N–H and O–H groups in total. The molecular weight excluding hydrogens is 469 g/mol. The molecule has 1 fully saturated rings. The highest BCUT2D eigenvalue weighted by Crippen LogP contribution is 2.30. The maximum Gasteiger partial charge on any atom is 0.244 e. The number of sulfonamides is 1. The lowest BCUT2D eigenvalue weighted by molar-refractivity contribution is -0.122. The van der Waals surface area contributed by atoms with Crippen LogP contribution in [0, 0.1) is 0 Å². The number of benzene rings is 2. The van der Waals surface area contributed by atoms with Gasteiger partial charge in [-0.05, 0) is 61.7 Å². The van der Waals surface area contributed by atoms with Crippen LogP contribution < -0.4 is 9.62 Å². The molecule has 32 heavy (non-hydrogen) atoms. The third-order valence-electron chi connectivity index (χ3n) is 5.65. The Morgan fingerprint density at radius 3 is 2.34 bits per heavy atom. The second kappa shape index (κ2) is 10.9. The molecule has 0 radical (unpaired) electrons. The lowest BCUT2D eigenvalue weighted by Gasteiger charge is -2.30. The van der Waals surface area contributed by atoms with E-state index >= 15 is 0 Å². The van der Waals surface area contributed by atoms with Gasteiger partial charge in [0.2, 0.25) is 15.9 Å². The molecule has 3 rings (SSSR count). The molecule has 0 spiro atoms. The first-order valence-corrected chi connectivity index (χ1v) is 13.3. The molecular formula is C23H29Cl2N3O3S. The van der Waals surface area contributed by atoms with Crippen LogP contribution in [0.2, 0.25) is 10.0 Å². The molecule has 1 atom stereocenters. The van der Waals surface area contributed by atoms with Gasteiger partial charge in [0.25, 0.3) is 0 Å². The summed E-state index contributed by atoms with van der Waals surface area (Å²) in [4.78, 5) is 15.5. The van der Waals surface area contributed by atoms with Crippen LogP contribution in [-0.4, -0.2) is 44.6 Å². The number of anilines is 1. The van der Waals surface area contributed by atoms with Gasteiger partial charge in [-0.25, -0.2) is 8.42 Å². The summed E-state index contributed by atoms with van der Waals surface area (Å²) in [5.41, 5.74) is 2.51. The maximum absolute atomic E-state index is 13.1. The maximum atomic E-state index is 13.1. The zero-order valence-corrected chi connectivity index (χ0v) is 20.7. The Morgan fingerprint density at radius 1 is 1.09 bits per heavy atom. The lowest BCUT2D eigenvalue weighted by atomic mass is 10.1. The molecule has 0 saturated carbocycles. The zero-order valence-electron chi connectivity index (χ0n) is 18.4. The molecule has 1 aliphatic heterocycles. The van der Waals surface area contributed by atoms with E-state index in [0.29, 0.717) is 23.7 Å². The molecule has 1 saturated heterocycles. The monoisotopic (exact) mass is 497 g/mol. The van der Waals surface area contributed by atoms with Crippen LogP contribution in [-0.2, 0) is 27.9 Å². The predicted molar refractivity (Wildman–Crippen MR) is 131 cm³/mol. The summed E-state index contributed by atoms with van der Waals surface area (Å²) in [6, 6.07) is 11.7. The zero-order chi connectivity index (χ0) is 23.3. The molecule has 0 unspecified atom stereocenters. The number of amides is 1. The Labute approximate surface area is 200 Å². The average molecular weight is 498 g/mol. The minimum atomic E-state index is -3.75. The first-order valence-electron chi connectivity index (χ1n) is 10.7. The second-order valence-electron chi connectivity index (χ2n) is 8.05. The molecule has 0 aliphatic carbocycles. The first kappa shape index (κ1) is 24.8. The van der Waals surface area contributed by atoms with Crippen molar-refractivity contribution in [3.05, 3.63) is 63.6 Å². The van der Waals surface area contributed by atoms with Crippen molar-refractivity contribution in [2.24, 2.45) is 0 Å². The van der Waals surface area contributed by atoms with Gasteiger partial charge in [0.1, 0.15) is 6.04 Å². The molecule has 0 aromatic heterocycles. The fourth-order valence-electron chi connectivity index (χ4n) is 4.05. The smallest absolute Gasteiger partial charge is 0.244 e. The van der Waals surface area contributed by atoms with Crippen molar-refractivity contribution in [2.75, 3.05) is 23.7 Å². The van der Waals surface area contributed by atoms with Gasteiger partial charge >= 0.3 is 0 Å². The third-order valence-corrected chi connectivity index (χ3v) is 7.57. The average Bonchev–Trinajstić information content (AvgIpc) is 3.25. The van der Waals surface area contributed by atoms with Crippen molar-refractivity contribution in [3.63, 3.8) is 0 Å². The van der Waals surface area contributed by atoms with Gasteiger partial charge in [-0.1, -0.05) is 54.4 Å². The molecule has 1 amide bonds. The van der Waals surface area contributed by atoms with Gasteiger partial charge in [0.05, 0.1) is 22.0 Å². The van der Waals surface area contributed by atoms with Crippen LogP contribution in [0.1, 0.15) is 37.3 Å². The largest absolute Gasteiger partial charge is 0.350 e. The molecule has 2 aromatic rings. The van der Waals surface area contributed by atoms with E-state index in [1.807, 2.05) is 18.2 Å². The van der Waals surface area contributed by atoms with Crippen molar-refractivity contribution >= 4 is 44.8 Å². The third kappa shape index (κ3) is 6.16. The number of carbonyl (C=O) groups is 1. The van der Waals surface area contributed by atoms with E-state index in [9.17, 15) is 13.2 Å². The van der Waals surface area contributed by atoms with E-state index in [-0.39, 0.29) is 10.9 Å². The highest BCUT2D eigenvalue weighted by atomic mass is 35.5. The van der Waals surface area contributed by atoms with Crippen LogP contribution in [0.5, 0.6) is 0 Å². The van der Waals surface area contributed by atoms with Crippen molar-refractivity contribution in [1.82, 2.24) is 10.2 Å². The molecule has 0 bridgehead atoms. The fourth-order valence-corrected chi connectivity index (χ4v) is 5.54. The Hall–Kier alpha value is -1.80. The minimum absolute atomic E-state index is 0.226. The molecule has 174 valence electrons. The second-order valence-corrected chi connectivity index (χ2v) is 10.7. The Balaban J connectivity index is 1.78. The number of halogens is 2. The number of hydrogen-bond donors (Lipinski definition) is 1. The molecule has 2 aromatic carbocycles. The van der Waals surface area contributed by atoms with Gasteiger partial charge in [-0.15, -0.1) is 0 Å². The van der Waals surface area contributed by atoms with Crippen LogP contribution in [0.3, 0.4) is 0 Å². The summed E-state index contributed by atoms with van der Waals surface area (Å²) >= 11 is 12.1. The van der Waals surface area contributed by atoms with E-state index in [1.165, 1.54) is 30.5 Å². The first-order chi connectivity index (χ1) is 15.2. The van der Waals surface area contributed by atoms with Crippen molar-refractivity contribution in [1.29, 1.82) is 0 Å². The number of nitrogens with zero attached hydrogens (tertiary/aromatic N) is 2. The summed E-state index contributed by atoms with van der Waals surface area (Å²) in [6.07, 6.45) is 3.81. The normalized spacial score (nSPS) is 15.5.